The van der Waals surface area contributed by atoms with Gasteiger partial charge in [0.1, 0.15) is 5.56 Å². The molecular formula is C15H22N2O3. The number of nitrogens with zero attached hydrogens (tertiary/aromatic N) is 1. The maximum Gasteiger partial charge on any atom is 0.256 e. The minimum absolute atomic E-state index is 0.262. The molecule has 1 fully saturated rings. The monoisotopic (exact) mass is 278 g/mol. The standard InChI is InChI=1S/C15H22N2O3/c1-11-5-3-7-15(19,9-11)10-17-13(18)12-6-4-8-16-14(12)20-2/h4,6,8,11,19H,3,5,7,9-10H2,1-2H3,(H,17,18). The third-order valence-electron chi connectivity index (χ3n) is 3.85. The Morgan fingerprint density at radius 1 is 1.65 bits per heavy atom. The van der Waals surface area contributed by atoms with E-state index in [0.29, 0.717) is 17.4 Å². The highest BCUT2D eigenvalue weighted by Crippen LogP contribution is 2.31. The molecule has 2 atom stereocenters. The number of aromatic nitrogens is 1. The molecule has 2 rings (SSSR count). The quantitative estimate of drug-likeness (QED) is 0.880. The summed E-state index contributed by atoms with van der Waals surface area (Å²) >= 11 is 0. The van der Waals surface area contributed by atoms with E-state index in [1.165, 1.54) is 7.11 Å². The van der Waals surface area contributed by atoms with Crippen LogP contribution in [-0.2, 0) is 0 Å². The van der Waals surface area contributed by atoms with Crippen molar-refractivity contribution < 1.29 is 14.6 Å². The summed E-state index contributed by atoms with van der Waals surface area (Å²) in [6.45, 7) is 2.41. The molecule has 20 heavy (non-hydrogen) atoms. The van der Waals surface area contributed by atoms with Crippen molar-refractivity contribution in [1.82, 2.24) is 10.3 Å². The normalized spacial score (nSPS) is 26.1. The Hall–Kier alpha value is -1.62. The van der Waals surface area contributed by atoms with E-state index in [4.69, 9.17) is 4.74 Å². The summed E-state index contributed by atoms with van der Waals surface area (Å²) in [6.07, 6.45) is 5.20. The second-order valence-corrected chi connectivity index (χ2v) is 5.67. The van der Waals surface area contributed by atoms with Crippen LogP contribution in [0, 0.1) is 5.92 Å². The van der Waals surface area contributed by atoms with E-state index in [-0.39, 0.29) is 12.5 Å². The van der Waals surface area contributed by atoms with Crippen LogP contribution in [0.25, 0.3) is 0 Å². The zero-order valence-corrected chi connectivity index (χ0v) is 12.1. The molecule has 0 spiro atoms. The smallest absolute Gasteiger partial charge is 0.256 e. The maximum atomic E-state index is 12.1. The third-order valence-corrected chi connectivity index (χ3v) is 3.85. The first kappa shape index (κ1) is 14.8. The van der Waals surface area contributed by atoms with Crippen LogP contribution in [0.2, 0.25) is 0 Å². The zero-order valence-electron chi connectivity index (χ0n) is 12.1. The molecule has 0 radical (unpaired) electrons. The van der Waals surface area contributed by atoms with Crippen molar-refractivity contribution in [3.63, 3.8) is 0 Å². The lowest BCUT2D eigenvalue weighted by Crippen LogP contribution is -2.45. The number of methoxy groups -OCH3 is 1. The Labute approximate surface area is 119 Å². The van der Waals surface area contributed by atoms with Gasteiger partial charge in [-0.05, 0) is 30.9 Å². The van der Waals surface area contributed by atoms with Gasteiger partial charge in [-0.15, -0.1) is 0 Å². The van der Waals surface area contributed by atoms with Gasteiger partial charge in [0.05, 0.1) is 12.7 Å². The van der Waals surface area contributed by atoms with Crippen LogP contribution in [-0.4, -0.2) is 35.3 Å². The summed E-state index contributed by atoms with van der Waals surface area (Å²) in [5, 5.41) is 13.3. The van der Waals surface area contributed by atoms with Gasteiger partial charge in [0.15, 0.2) is 0 Å². The molecule has 0 bridgehead atoms. The fourth-order valence-electron chi connectivity index (χ4n) is 2.86. The highest BCUT2D eigenvalue weighted by Gasteiger charge is 2.33. The van der Waals surface area contributed by atoms with Gasteiger partial charge in [-0.1, -0.05) is 19.8 Å². The Morgan fingerprint density at radius 3 is 3.15 bits per heavy atom. The van der Waals surface area contributed by atoms with Crippen molar-refractivity contribution in [3.8, 4) is 5.88 Å². The van der Waals surface area contributed by atoms with Crippen LogP contribution in [0.1, 0.15) is 43.0 Å². The maximum absolute atomic E-state index is 12.1. The first-order valence-corrected chi connectivity index (χ1v) is 7.04. The molecule has 1 aliphatic rings. The number of aliphatic hydroxyl groups is 1. The van der Waals surface area contributed by atoms with Crippen LogP contribution in [0.4, 0.5) is 0 Å². The molecule has 5 nitrogen and oxygen atoms in total. The molecule has 0 saturated heterocycles. The molecule has 5 heteroatoms. The topological polar surface area (TPSA) is 71.5 Å². The molecule has 1 aromatic heterocycles. The van der Waals surface area contributed by atoms with Crippen LogP contribution >= 0.6 is 0 Å². The molecular weight excluding hydrogens is 256 g/mol. The average molecular weight is 278 g/mol. The molecule has 110 valence electrons. The predicted molar refractivity (Wildman–Crippen MR) is 75.7 cm³/mol. The zero-order chi connectivity index (χ0) is 14.6. The van der Waals surface area contributed by atoms with Crippen molar-refractivity contribution in [2.24, 2.45) is 5.92 Å². The molecule has 1 aliphatic carbocycles. The van der Waals surface area contributed by atoms with E-state index in [1.54, 1.807) is 18.3 Å². The molecule has 0 aromatic carbocycles. The highest BCUT2D eigenvalue weighted by atomic mass is 16.5. The number of carbonyl (C=O) groups is 1. The van der Waals surface area contributed by atoms with E-state index in [0.717, 1.165) is 25.7 Å². The van der Waals surface area contributed by atoms with Crippen molar-refractivity contribution in [1.29, 1.82) is 0 Å². The number of hydrogen-bond donors (Lipinski definition) is 2. The third kappa shape index (κ3) is 3.48. The molecule has 2 N–H and O–H groups in total. The lowest BCUT2D eigenvalue weighted by molar-refractivity contribution is -0.0109. The van der Waals surface area contributed by atoms with Gasteiger partial charge in [0.2, 0.25) is 5.88 Å². The number of carbonyl (C=O) groups excluding carboxylic acids is 1. The van der Waals surface area contributed by atoms with E-state index in [9.17, 15) is 9.90 Å². The van der Waals surface area contributed by atoms with Gasteiger partial charge in [-0.25, -0.2) is 4.98 Å². The molecule has 1 amide bonds. The van der Waals surface area contributed by atoms with Crippen LogP contribution in [0.3, 0.4) is 0 Å². The second-order valence-electron chi connectivity index (χ2n) is 5.67. The van der Waals surface area contributed by atoms with Gasteiger partial charge < -0.3 is 15.2 Å². The summed E-state index contributed by atoms with van der Waals surface area (Å²) in [4.78, 5) is 16.1. The Balaban J connectivity index is 1.98. The molecule has 2 unspecified atom stereocenters. The van der Waals surface area contributed by atoms with Gasteiger partial charge in [-0.3, -0.25) is 4.79 Å². The largest absolute Gasteiger partial charge is 0.480 e. The van der Waals surface area contributed by atoms with E-state index in [2.05, 4.69) is 17.2 Å². The van der Waals surface area contributed by atoms with Crippen LogP contribution in [0.5, 0.6) is 5.88 Å². The summed E-state index contributed by atoms with van der Waals surface area (Å²) < 4.78 is 5.07. The predicted octanol–water partition coefficient (Wildman–Crippen LogP) is 1.76. The second kappa shape index (κ2) is 6.22. The van der Waals surface area contributed by atoms with Crippen molar-refractivity contribution >= 4 is 5.91 Å². The SMILES string of the molecule is COc1ncccc1C(=O)NCC1(O)CCCC(C)C1. The summed E-state index contributed by atoms with van der Waals surface area (Å²) in [5.74, 6) is 0.536. The van der Waals surface area contributed by atoms with Crippen molar-refractivity contribution in [2.45, 2.75) is 38.2 Å². The van der Waals surface area contributed by atoms with Gasteiger partial charge in [-0.2, -0.15) is 0 Å². The van der Waals surface area contributed by atoms with Crippen molar-refractivity contribution in [3.05, 3.63) is 23.9 Å². The highest BCUT2D eigenvalue weighted by molar-refractivity contribution is 5.96. The molecule has 1 aromatic rings. The minimum atomic E-state index is -0.789. The average Bonchev–Trinajstić information content (AvgIpc) is 2.44. The summed E-state index contributed by atoms with van der Waals surface area (Å²) in [5.41, 5.74) is -0.398. The van der Waals surface area contributed by atoms with Crippen molar-refractivity contribution in [2.75, 3.05) is 13.7 Å². The number of nitrogens with one attached hydrogen (secondary N) is 1. The number of pyridine rings is 1. The molecule has 0 aliphatic heterocycles. The number of amides is 1. The van der Waals surface area contributed by atoms with Gasteiger partial charge >= 0.3 is 0 Å². The van der Waals surface area contributed by atoms with Gasteiger partial charge in [0.25, 0.3) is 5.91 Å². The van der Waals surface area contributed by atoms with Gasteiger partial charge in [0, 0.05) is 12.7 Å². The number of rotatable bonds is 4. The Kier molecular flexibility index (Phi) is 4.60. The molecule has 1 heterocycles. The summed E-state index contributed by atoms with van der Waals surface area (Å²) in [6, 6.07) is 3.35. The lowest BCUT2D eigenvalue weighted by Gasteiger charge is -2.35. The Bertz CT molecular complexity index is 478. The fourth-order valence-corrected chi connectivity index (χ4v) is 2.86. The fraction of sp³-hybridized carbons (Fsp3) is 0.600. The van der Waals surface area contributed by atoms with E-state index < -0.39 is 5.60 Å². The summed E-state index contributed by atoms with van der Waals surface area (Å²) in [7, 11) is 1.48. The van der Waals surface area contributed by atoms with Crippen LogP contribution in [0.15, 0.2) is 18.3 Å². The molecule has 1 saturated carbocycles. The van der Waals surface area contributed by atoms with Crippen LogP contribution < -0.4 is 10.1 Å². The Morgan fingerprint density at radius 2 is 2.45 bits per heavy atom. The number of ether oxygens (including phenoxy) is 1. The first-order chi connectivity index (χ1) is 9.54. The number of hydrogen-bond acceptors (Lipinski definition) is 4. The lowest BCUT2D eigenvalue weighted by atomic mass is 9.79. The minimum Gasteiger partial charge on any atom is -0.480 e. The van der Waals surface area contributed by atoms with E-state index in [1.807, 2.05) is 0 Å². The first-order valence-electron chi connectivity index (χ1n) is 7.04. The van der Waals surface area contributed by atoms with E-state index >= 15 is 0 Å².